The molecule has 0 saturated carbocycles. The molecule has 1 atom stereocenters. The number of carbonyl (C=O) groups excluding carboxylic acids is 1. The van der Waals surface area contributed by atoms with E-state index in [1.165, 1.54) is 17.6 Å². The van der Waals surface area contributed by atoms with Crippen molar-refractivity contribution in [3.63, 3.8) is 0 Å². The van der Waals surface area contributed by atoms with Gasteiger partial charge in [0.2, 0.25) is 11.7 Å². The molecule has 0 aliphatic rings. The van der Waals surface area contributed by atoms with Crippen molar-refractivity contribution in [1.29, 1.82) is 0 Å². The normalized spacial score (nSPS) is 12.3. The maximum absolute atomic E-state index is 11.9. The Labute approximate surface area is 128 Å². The third kappa shape index (κ3) is 4.93. The molecule has 21 heavy (non-hydrogen) atoms. The zero-order valence-corrected chi connectivity index (χ0v) is 13.3. The summed E-state index contributed by atoms with van der Waals surface area (Å²) in [5, 5.41) is 17.0. The zero-order chi connectivity index (χ0) is 15.1. The average molecular weight is 307 g/mol. The Morgan fingerprint density at radius 1 is 1.48 bits per heavy atom. The fraction of sp³-hybridized carbons (Fsp3) is 0.571. The summed E-state index contributed by atoms with van der Waals surface area (Å²) in [6.07, 6.45) is 4.54. The molecule has 0 bridgehead atoms. The molecule has 2 aromatic heterocycles. The van der Waals surface area contributed by atoms with Gasteiger partial charge in [0.05, 0.1) is 4.88 Å². The molecule has 6 nitrogen and oxygen atoms in total. The van der Waals surface area contributed by atoms with Gasteiger partial charge in [-0.05, 0) is 30.0 Å². The molecule has 1 N–H and O–H groups in total. The van der Waals surface area contributed by atoms with Gasteiger partial charge < -0.3 is 5.32 Å². The Balaban J connectivity index is 1.80. The maximum atomic E-state index is 11.9. The van der Waals surface area contributed by atoms with E-state index in [0.29, 0.717) is 5.82 Å². The van der Waals surface area contributed by atoms with Crippen molar-refractivity contribution in [3.05, 3.63) is 17.5 Å². The fourth-order valence-corrected chi connectivity index (χ4v) is 2.68. The smallest absolute Gasteiger partial charge is 0.243 e. The number of rotatable bonds is 8. The van der Waals surface area contributed by atoms with Gasteiger partial charge in [-0.25, -0.2) is 0 Å². The minimum atomic E-state index is -0.0749. The number of tetrazole rings is 1. The van der Waals surface area contributed by atoms with Crippen LogP contribution in [0.15, 0.2) is 17.5 Å². The number of carbonyl (C=O) groups is 1. The lowest BCUT2D eigenvalue weighted by Gasteiger charge is -2.12. The highest BCUT2D eigenvalue weighted by molar-refractivity contribution is 7.13. The second-order valence-electron chi connectivity index (χ2n) is 5.09. The quantitative estimate of drug-likeness (QED) is 0.760. The van der Waals surface area contributed by atoms with Gasteiger partial charge in [-0.2, -0.15) is 4.80 Å². The minimum absolute atomic E-state index is 0.0749. The van der Waals surface area contributed by atoms with Crippen molar-refractivity contribution < 1.29 is 4.79 Å². The van der Waals surface area contributed by atoms with Crippen LogP contribution in [0, 0.1) is 0 Å². The highest BCUT2D eigenvalue weighted by Crippen LogP contribution is 2.19. The summed E-state index contributed by atoms with van der Waals surface area (Å²) in [6, 6.07) is 4.05. The molecule has 0 spiro atoms. The summed E-state index contributed by atoms with van der Waals surface area (Å²) >= 11 is 1.55. The lowest BCUT2D eigenvalue weighted by molar-refractivity contribution is -0.122. The molecule has 0 saturated heterocycles. The van der Waals surface area contributed by atoms with Crippen LogP contribution in [0.5, 0.6) is 0 Å². The minimum Gasteiger partial charge on any atom is -0.352 e. The van der Waals surface area contributed by atoms with E-state index in [0.717, 1.165) is 17.7 Å². The molecule has 0 unspecified atom stereocenters. The van der Waals surface area contributed by atoms with Gasteiger partial charge in [-0.3, -0.25) is 4.79 Å². The van der Waals surface area contributed by atoms with Crippen LogP contribution in [0.1, 0.15) is 39.5 Å². The summed E-state index contributed by atoms with van der Waals surface area (Å²) in [5.74, 6) is 0.489. The van der Waals surface area contributed by atoms with Crippen molar-refractivity contribution in [2.45, 2.75) is 52.1 Å². The first-order valence-corrected chi connectivity index (χ1v) is 8.18. The number of aromatic nitrogens is 4. The summed E-state index contributed by atoms with van der Waals surface area (Å²) < 4.78 is 0. The molecular weight excluding hydrogens is 286 g/mol. The molecule has 0 fully saturated rings. The standard InChI is InChI=1S/C14H21N5OS/c1-3-4-5-7-11(2)15-13(20)10-19-17-14(16-18-19)12-8-6-9-21-12/h6,8-9,11H,3-5,7,10H2,1-2H3,(H,15,20)/t11-/m0/s1. The van der Waals surface area contributed by atoms with Gasteiger partial charge >= 0.3 is 0 Å². The van der Waals surface area contributed by atoms with E-state index in [4.69, 9.17) is 0 Å². The summed E-state index contributed by atoms with van der Waals surface area (Å²) in [5.41, 5.74) is 0. The van der Waals surface area contributed by atoms with Crippen LogP contribution >= 0.6 is 11.3 Å². The number of nitrogens with one attached hydrogen (secondary N) is 1. The number of thiophene rings is 1. The van der Waals surface area contributed by atoms with Crippen molar-refractivity contribution in [1.82, 2.24) is 25.5 Å². The van der Waals surface area contributed by atoms with E-state index in [1.807, 2.05) is 24.4 Å². The Morgan fingerprint density at radius 2 is 2.33 bits per heavy atom. The lowest BCUT2D eigenvalue weighted by Crippen LogP contribution is -2.35. The van der Waals surface area contributed by atoms with E-state index in [2.05, 4.69) is 27.7 Å². The first-order chi connectivity index (χ1) is 10.2. The van der Waals surface area contributed by atoms with Gasteiger partial charge in [-0.15, -0.1) is 21.5 Å². The molecule has 2 aromatic rings. The lowest BCUT2D eigenvalue weighted by atomic mass is 10.1. The Morgan fingerprint density at radius 3 is 3.05 bits per heavy atom. The van der Waals surface area contributed by atoms with Crippen LogP contribution in [-0.2, 0) is 11.3 Å². The van der Waals surface area contributed by atoms with Gasteiger partial charge in [0.15, 0.2) is 0 Å². The Kier molecular flexibility index (Phi) is 5.86. The molecule has 0 aliphatic carbocycles. The van der Waals surface area contributed by atoms with Gasteiger partial charge in [0.1, 0.15) is 6.54 Å². The Hall–Kier alpha value is -1.76. The molecule has 1 amide bonds. The van der Waals surface area contributed by atoms with E-state index < -0.39 is 0 Å². The molecule has 0 aromatic carbocycles. The average Bonchev–Trinajstić information content (AvgIpc) is 3.09. The van der Waals surface area contributed by atoms with E-state index in [-0.39, 0.29) is 18.5 Å². The van der Waals surface area contributed by atoms with Gasteiger partial charge in [0.25, 0.3) is 0 Å². The first kappa shape index (κ1) is 15.6. The maximum Gasteiger partial charge on any atom is 0.243 e. The van der Waals surface area contributed by atoms with Crippen molar-refractivity contribution in [3.8, 4) is 10.7 Å². The van der Waals surface area contributed by atoms with Crippen LogP contribution in [0.3, 0.4) is 0 Å². The predicted octanol–water partition coefficient (Wildman–Crippen LogP) is 2.49. The number of amides is 1. The topological polar surface area (TPSA) is 72.7 Å². The van der Waals surface area contributed by atoms with Crippen LogP contribution in [0.25, 0.3) is 10.7 Å². The Bertz CT molecular complexity index is 551. The number of hydrogen-bond donors (Lipinski definition) is 1. The first-order valence-electron chi connectivity index (χ1n) is 7.30. The molecule has 7 heteroatoms. The number of nitrogens with zero attached hydrogens (tertiary/aromatic N) is 4. The third-order valence-electron chi connectivity index (χ3n) is 3.13. The molecule has 2 heterocycles. The van der Waals surface area contributed by atoms with Crippen LogP contribution in [0.4, 0.5) is 0 Å². The van der Waals surface area contributed by atoms with E-state index >= 15 is 0 Å². The summed E-state index contributed by atoms with van der Waals surface area (Å²) in [6.45, 7) is 4.31. The molecule has 2 rings (SSSR count). The van der Waals surface area contributed by atoms with Crippen LogP contribution in [0.2, 0.25) is 0 Å². The SMILES string of the molecule is CCCCC[C@H](C)NC(=O)Cn1nnc(-c2cccs2)n1. The van der Waals surface area contributed by atoms with Crippen molar-refractivity contribution >= 4 is 17.2 Å². The number of hydrogen-bond acceptors (Lipinski definition) is 5. The van der Waals surface area contributed by atoms with Gasteiger partial charge in [-0.1, -0.05) is 32.3 Å². The second-order valence-corrected chi connectivity index (χ2v) is 6.03. The highest BCUT2D eigenvalue weighted by atomic mass is 32.1. The zero-order valence-electron chi connectivity index (χ0n) is 12.5. The van der Waals surface area contributed by atoms with E-state index in [9.17, 15) is 4.79 Å². The molecule has 114 valence electrons. The van der Waals surface area contributed by atoms with Crippen molar-refractivity contribution in [2.24, 2.45) is 0 Å². The highest BCUT2D eigenvalue weighted by Gasteiger charge is 2.11. The van der Waals surface area contributed by atoms with Gasteiger partial charge in [0, 0.05) is 6.04 Å². The van der Waals surface area contributed by atoms with E-state index in [1.54, 1.807) is 11.3 Å². The van der Waals surface area contributed by atoms with Crippen molar-refractivity contribution in [2.75, 3.05) is 0 Å². The summed E-state index contributed by atoms with van der Waals surface area (Å²) in [7, 11) is 0. The second kappa shape index (κ2) is 7.87. The molecule has 0 radical (unpaired) electrons. The number of unbranched alkanes of at least 4 members (excludes halogenated alkanes) is 2. The largest absolute Gasteiger partial charge is 0.352 e. The predicted molar refractivity (Wildman–Crippen MR) is 82.9 cm³/mol. The monoisotopic (exact) mass is 307 g/mol. The van der Waals surface area contributed by atoms with Crippen LogP contribution < -0.4 is 5.32 Å². The summed E-state index contributed by atoms with van der Waals surface area (Å²) in [4.78, 5) is 14.2. The molecular formula is C14H21N5OS. The third-order valence-corrected chi connectivity index (χ3v) is 3.99. The molecule has 0 aliphatic heterocycles. The fourth-order valence-electron chi connectivity index (χ4n) is 2.04. The van der Waals surface area contributed by atoms with Crippen LogP contribution in [-0.4, -0.2) is 32.2 Å².